The quantitative estimate of drug-likeness (QED) is 0.660. The first-order valence-corrected chi connectivity index (χ1v) is 12.0. The molecule has 0 spiro atoms. The number of ether oxygens (including phenoxy) is 2. The second kappa shape index (κ2) is 8.68. The average molecular weight is 479 g/mol. The Morgan fingerprint density at radius 3 is 2.26 bits per heavy atom. The van der Waals surface area contributed by atoms with Gasteiger partial charge < -0.3 is 24.8 Å². The van der Waals surface area contributed by atoms with Crippen LogP contribution in [0.4, 0.5) is 4.79 Å². The number of carbonyl (C=O) groups is 3. The minimum atomic E-state index is -0.982. The number of benzene rings is 2. The molecule has 2 aromatic rings. The Labute approximate surface area is 204 Å². The summed E-state index contributed by atoms with van der Waals surface area (Å²) in [7, 11) is 0. The molecule has 2 N–H and O–H groups in total. The lowest BCUT2D eigenvalue weighted by atomic mass is 9.74. The first-order chi connectivity index (χ1) is 16.8. The molecule has 2 saturated heterocycles. The van der Waals surface area contributed by atoms with Crippen molar-refractivity contribution in [3.63, 3.8) is 0 Å². The number of hydrogen-bond donors (Lipinski definition) is 2. The van der Waals surface area contributed by atoms with Crippen LogP contribution in [0, 0.1) is 10.8 Å². The van der Waals surface area contributed by atoms with Crippen molar-refractivity contribution in [3.05, 3.63) is 59.7 Å². The van der Waals surface area contributed by atoms with Gasteiger partial charge in [0.25, 0.3) is 0 Å². The maximum absolute atomic E-state index is 13.3. The predicted molar refractivity (Wildman–Crippen MR) is 128 cm³/mol. The Bertz CT molecular complexity index is 1130. The zero-order valence-electron chi connectivity index (χ0n) is 20.0. The fourth-order valence-electron chi connectivity index (χ4n) is 5.57. The molecule has 2 fully saturated rings. The van der Waals surface area contributed by atoms with Crippen molar-refractivity contribution in [2.45, 2.75) is 32.2 Å². The zero-order chi connectivity index (χ0) is 24.8. The number of alkyl carbamates (subject to hydrolysis) is 1. The van der Waals surface area contributed by atoms with E-state index < -0.39 is 28.9 Å². The molecular weight excluding hydrogens is 448 g/mol. The van der Waals surface area contributed by atoms with Gasteiger partial charge in [0.1, 0.15) is 12.0 Å². The summed E-state index contributed by atoms with van der Waals surface area (Å²) in [6, 6.07) is 15.7. The number of likely N-dealkylation sites (tertiary alicyclic amines) is 1. The molecule has 5 rings (SSSR count). The van der Waals surface area contributed by atoms with Crippen LogP contribution in [-0.4, -0.2) is 66.9 Å². The van der Waals surface area contributed by atoms with Crippen molar-refractivity contribution in [1.29, 1.82) is 0 Å². The molecule has 8 nitrogen and oxygen atoms in total. The molecule has 0 saturated carbocycles. The smallest absolute Gasteiger partial charge is 0.407 e. The molecule has 2 aromatic carbocycles. The van der Waals surface area contributed by atoms with Crippen molar-refractivity contribution < 1.29 is 29.0 Å². The summed E-state index contributed by atoms with van der Waals surface area (Å²) < 4.78 is 11.2. The molecule has 184 valence electrons. The van der Waals surface area contributed by atoms with Crippen LogP contribution in [0.1, 0.15) is 37.3 Å². The van der Waals surface area contributed by atoms with Crippen LogP contribution in [0.3, 0.4) is 0 Å². The van der Waals surface area contributed by atoms with E-state index in [1.165, 1.54) is 0 Å². The minimum absolute atomic E-state index is 0.0553. The van der Waals surface area contributed by atoms with Gasteiger partial charge in [-0.05, 0) is 35.6 Å². The van der Waals surface area contributed by atoms with E-state index in [-0.39, 0.29) is 44.7 Å². The summed E-state index contributed by atoms with van der Waals surface area (Å²) in [6.45, 7) is 4.44. The molecule has 3 aliphatic rings. The highest BCUT2D eigenvalue weighted by molar-refractivity contribution is 5.88. The lowest BCUT2D eigenvalue weighted by Gasteiger charge is -2.49. The second-order valence-electron chi connectivity index (χ2n) is 10.1. The molecule has 0 aromatic heterocycles. The van der Waals surface area contributed by atoms with Gasteiger partial charge in [0.15, 0.2) is 0 Å². The van der Waals surface area contributed by atoms with Crippen molar-refractivity contribution >= 4 is 18.0 Å². The maximum atomic E-state index is 13.3. The van der Waals surface area contributed by atoms with Crippen LogP contribution in [0.15, 0.2) is 48.5 Å². The van der Waals surface area contributed by atoms with Gasteiger partial charge in [0.05, 0.1) is 24.7 Å². The van der Waals surface area contributed by atoms with Crippen molar-refractivity contribution in [3.8, 4) is 11.1 Å². The maximum Gasteiger partial charge on any atom is 0.407 e. The van der Waals surface area contributed by atoms with E-state index in [4.69, 9.17) is 9.47 Å². The number of aliphatic carboxylic acids is 1. The summed E-state index contributed by atoms with van der Waals surface area (Å²) in [6.07, 6.45) is -0.140. The zero-order valence-corrected chi connectivity index (χ0v) is 20.0. The van der Waals surface area contributed by atoms with E-state index in [9.17, 15) is 19.5 Å². The van der Waals surface area contributed by atoms with Crippen LogP contribution < -0.4 is 5.32 Å². The highest BCUT2D eigenvalue weighted by atomic mass is 16.5. The molecule has 2 aliphatic heterocycles. The highest BCUT2D eigenvalue weighted by Gasteiger charge is 2.56. The van der Waals surface area contributed by atoms with Gasteiger partial charge in [-0.2, -0.15) is 0 Å². The molecular formula is C27H30N2O6. The van der Waals surface area contributed by atoms with Crippen molar-refractivity contribution in [2.24, 2.45) is 10.8 Å². The monoisotopic (exact) mass is 478 g/mol. The van der Waals surface area contributed by atoms with Crippen LogP contribution >= 0.6 is 0 Å². The van der Waals surface area contributed by atoms with Crippen LogP contribution in [0.5, 0.6) is 0 Å². The third kappa shape index (κ3) is 3.76. The number of rotatable bonds is 6. The normalized spacial score (nSPS) is 24.3. The predicted octanol–water partition coefficient (Wildman–Crippen LogP) is 3.25. The summed E-state index contributed by atoms with van der Waals surface area (Å²) in [5.41, 5.74) is 2.69. The molecule has 1 aliphatic carbocycles. The fourth-order valence-corrected chi connectivity index (χ4v) is 5.57. The average Bonchev–Trinajstić information content (AvgIpc) is 3.35. The van der Waals surface area contributed by atoms with Gasteiger partial charge in [0.2, 0.25) is 5.91 Å². The number of nitrogens with one attached hydrogen (secondary N) is 1. The third-order valence-corrected chi connectivity index (χ3v) is 7.98. The van der Waals surface area contributed by atoms with Crippen LogP contribution in [-0.2, 0) is 19.1 Å². The summed E-state index contributed by atoms with van der Waals surface area (Å²) >= 11 is 0. The van der Waals surface area contributed by atoms with Crippen LogP contribution in [0.25, 0.3) is 11.1 Å². The van der Waals surface area contributed by atoms with E-state index in [0.29, 0.717) is 6.42 Å². The largest absolute Gasteiger partial charge is 0.481 e. The molecule has 35 heavy (non-hydrogen) atoms. The Hall–Kier alpha value is -3.39. The molecule has 2 amide bonds. The van der Waals surface area contributed by atoms with Crippen molar-refractivity contribution in [1.82, 2.24) is 10.2 Å². The van der Waals surface area contributed by atoms with Gasteiger partial charge in [-0.1, -0.05) is 55.5 Å². The van der Waals surface area contributed by atoms with E-state index in [1.807, 2.05) is 31.2 Å². The topological polar surface area (TPSA) is 105 Å². The number of amides is 2. The van der Waals surface area contributed by atoms with E-state index >= 15 is 0 Å². The fraction of sp³-hybridized carbons (Fsp3) is 0.444. The number of fused-ring (bicyclic) bond motifs is 3. The summed E-state index contributed by atoms with van der Waals surface area (Å²) in [5.74, 6) is -1.14. The third-order valence-electron chi connectivity index (χ3n) is 7.98. The minimum Gasteiger partial charge on any atom is -0.481 e. The first kappa shape index (κ1) is 23.4. The standard InChI is InChI=1S/C27H30N2O6/c1-3-27(24(31)32)14-29(15-27)23(30)26(2)16-34-13-22(26)28-25(33)35-12-21-19-10-6-4-8-17(19)18-9-5-7-11-20(18)21/h4-11,21-22H,3,12-16H2,1-2H3,(H,28,33)(H,31,32). The lowest BCUT2D eigenvalue weighted by Crippen LogP contribution is -2.66. The molecule has 2 heterocycles. The Morgan fingerprint density at radius 2 is 1.69 bits per heavy atom. The summed E-state index contributed by atoms with van der Waals surface area (Å²) in [5, 5.41) is 12.4. The molecule has 2 atom stereocenters. The van der Waals surface area contributed by atoms with Gasteiger partial charge in [0, 0.05) is 19.0 Å². The number of carboxylic acid groups (broad SMARTS) is 1. The molecule has 2 unspecified atom stereocenters. The second-order valence-corrected chi connectivity index (χ2v) is 10.1. The molecule has 8 heteroatoms. The van der Waals surface area contributed by atoms with Gasteiger partial charge >= 0.3 is 12.1 Å². The first-order valence-electron chi connectivity index (χ1n) is 12.0. The van der Waals surface area contributed by atoms with Crippen molar-refractivity contribution in [2.75, 3.05) is 32.9 Å². The molecule has 0 bridgehead atoms. The van der Waals surface area contributed by atoms with E-state index in [0.717, 1.165) is 22.3 Å². The summed E-state index contributed by atoms with van der Waals surface area (Å²) in [4.78, 5) is 39.2. The van der Waals surface area contributed by atoms with E-state index in [2.05, 4.69) is 29.6 Å². The number of carboxylic acids is 1. The SMILES string of the molecule is CCC1(C(=O)O)CN(C(=O)C2(C)COCC2NC(=O)OCC2c3ccccc3-c3ccccc32)C1. The molecule has 0 radical (unpaired) electrons. The number of nitrogens with zero attached hydrogens (tertiary/aromatic N) is 1. The lowest BCUT2D eigenvalue weighted by molar-refractivity contribution is -0.170. The number of hydrogen-bond acceptors (Lipinski definition) is 5. The van der Waals surface area contributed by atoms with Gasteiger partial charge in [-0.25, -0.2) is 4.79 Å². The number of carbonyl (C=O) groups excluding carboxylic acids is 2. The highest BCUT2D eigenvalue weighted by Crippen LogP contribution is 2.44. The Kier molecular flexibility index (Phi) is 5.79. The Balaban J connectivity index is 1.23. The van der Waals surface area contributed by atoms with Gasteiger partial charge in [-0.15, -0.1) is 0 Å². The van der Waals surface area contributed by atoms with Gasteiger partial charge in [-0.3, -0.25) is 9.59 Å². The Morgan fingerprint density at radius 1 is 1.09 bits per heavy atom. The van der Waals surface area contributed by atoms with E-state index in [1.54, 1.807) is 11.8 Å². The van der Waals surface area contributed by atoms with Crippen LogP contribution in [0.2, 0.25) is 0 Å².